The first kappa shape index (κ1) is 22.9. The fourth-order valence-corrected chi connectivity index (χ4v) is 3.96. The number of nitrogens with zero attached hydrogens (tertiary/aromatic N) is 3. The number of ether oxygens (including phenoxy) is 1. The molecule has 2 rings (SSSR count). The Morgan fingerprint density at radius 3 is 2.39 bits per heavy atom. The lowest BCUT2D eigenvalue weighted by Gasteiger charge is -2.34. The summed E-state index contributed by atoms with van der Waals surface area (Å²) in [5, 5.41) is 6.99. The molecule has 7 nitrogen and oxygen atoms in total. The maximum atomic E-state index is 12.1. The van der Waals surface area contributed by atoms with Crippen molar-refractivity contribution in [3.8, 4) is 0 Å². The van der Waals surface area contributed by atoms with E-state index in [0.29, 0.717) is 12.0 Å². The van der Waals surface area contributed by atoms with Crippen LogP contribution in [0.1, 0.15) is 46.5 Å². The van der Waals surface area contributed by atoms with Crippen molar-refractivity contribution >= 4 is 11.9 Å². The second kappa shape index (κ2) is 12.3. The number of carbonyl (C=O) groups is 1. The quantitative estimate of drug-likeness (QED) is 0.482. The summed E-state index contributed by atoms with van der Waals surface area (Å²) in [6, 6.07) is 0.393. The molecule has 0 aromatic carbocycles. The van der Waals surface area contributed by atoms with Crippen LogP contribution in [0.15, 0.2) is 4.99 Å². The van der Waals surface area contributed by atoms with Crippen molar-refractivity contribution in [2.24, 2.45) is 16.8 Å². The van der Waals surface area contributed by atoms with Gasteiger partial charge in [0, 0.05) is 51.8 Å². The largest absolute Gasteiger partial charge is 0.383 e. The van der Waals surface area contributed by atoms with Crippen LogP contribution < -0.4 is 10.6 Å². The van der Waals surface area contributed by atoms with E-state index in [0.717, 1.165) is 71.2 Å². The molecule has 2 aliphatic rings. The van der Waals surface area contributed by atoms with Crippen molar-refractivity contribution in [1.29, 1.82) is 0 Å². The third kappa shape index (κ3) is 7.59. The number of likely N-dealkylation sites (tertiary alicyclic amines) is 2. The molecule has 1 amide bonds. The van der Waals surface area contributed by atoms with E-state index in [2.05, 4.69) is 22.5 Å². The van der Waals surface area contributed by atoms with Gasteiger partial charge in [0.05, 0.1) is 6.61 Å². The van der Waals surface area contributed by atoms with E-state index in [1.807, 2.05) is 18.7 Å². The summed E-state index contributed by atoms with van der Waals surface area (Å²) in [5.74, 6) is 1.96. The molecule has 0 atom stereocenters. The van der Waals surface area contributed by atoms with Crippen molar-refractivity contribution in [3.63, 3.8) is 0 Å². The van der Waals surface area contributed by atoms with Gasteiger partial charge in [0.2, 0.25) is 5.91 Å². The Kier molecular flexibility index (Phi) is 10.1. The maximum Gasteiger partial charge on any atom is 0.225 e. The molecule has 7 heteroatoms. The molecule has 2 fully saturated rings. The molecule has 162 valence electrons. The number of guanidine groups is 1. The highest BCUT2D eigenvalue weighted by molar-refractivity contribution is 5.80. The Morgan fingerprint density at radius 1 is 1.14 bits per heavy atom. The number of hydrogen-bond donors (Lipinski definition) is 2. The van der Waals surface area contributed by atoms with Crippen LogP contribution in [-0.2, 0) is 9.53 Å². The Morgan fingerprint density at radius 2 is 1.82 bits per heavy atom. The Bertz CT molecular complexity index is 481. The van der Waals surface area contributed by atoms with Crippen molar-refractivity contribution < 1.29 is 9.53 Å². The van der Waals surface area contributed by atoms with E-state index in [9.17, 15) is 4.79 Å². The maximum absolute atomic E-state index is 12.1. The minimum atomic E-state index is 0.0873. The molecule has 0 bridgehead atoms. The van der Waals surface area contributed by atoms with Crippen LogP contribution in [0.5, 0.6) is 0 Å². The molecule has 0 spiro atoms. The Hall–Kier alpha value is -1.34. The number of amides is 1. The van der Waals surface area contributed by atoms with E-state index in [-0.39, 0.29) is 11.8 Å². The molecule has 0 aromatic heterocycles. The number of piperidine rings is 2. The molecule has 0 unspecified atom stereocenters. The Labute approximate surface area is 171 Å². The first-order chi connectivity index (χ1) is 13.5. The third-order valence-corrected chi connectivity index (χ3v) is 5.81. The molecule has 2 saturated heterocycles. The van der Waals surface area contributed by atoms with Gasteiger partial charge in [-0.15, -0.1) is 0 Å². The normalized spacial score (nSPS) is 20.6. The van der Waals surface area contributed by atoms with Gasteiger partial charge in [0.1, 0.15) is 0 Å². The number of carbonyl (C=O) groups excluding carboxylic acids is 1. The third-order valence-electron chi connectivity index (χ3n) is 5.81. The van der Waals surface area contributed by atoms with E-state index in [1.54, 1.807) is 7.11 Å². The predicted molar refractivity (Wildman–Crippen MR) is 115 cm³/mol. The van der Waals surface area contributed by atoms with Gasteiger partial charge in [0.25, 0.3) is 0 Å². The van der Waals surface area contributed by atoms with Crippen LogP contribution >= 0.6 is 0 Å². The van der Waals surface area contributed by atoms with Crippen molar-refractivity contribution in [2.45, 2.75) is 52.5 Å². The van der Waals surface area contributed by atoms with Gasteiger partial charge in [-0.05, 0) is 51.6 Å². The number of hydrogen-bond acceptors (Lipinski definition) is 4. The highest BCUT2D eigenvalue weighted by Gasteiger charge is 2.25. The SMILES string of the molecule is CCNC(=NCC1CCN(CCOC)CC1)NC1CCN(C(=O)C(C)C)CC1. The topological polar surface area (TPSA) is 69.2 Å². The number of methoxy groups -OCH3 is 1. The zero-order valence-corrected chi connectivity index (χ0v) is 18.4. The first-order valence-corrected chi connectivity index (χ1v) is 11.1. The summed E-state index contributed by atoms with van der Waals surface area (Å²) >= 11 is 0. The zero-order valence-electron chi connectivity index (χ0n) is 18.4. The summed E-state index contributed by atoms with van der Waals surface area (Å²) in [5.41, 5.74) is 0. The molecule has 2 N–H and O–H groups in total. The zero-order chi connectivity index (χ0) is 20.4. The molecule has 0 radical (unpaired) electrons. The van der Waals surface area contributed by atoms with Crippen LogP contribution in [0.25, 0.3) is 0 Å². The average Bonchev–Trinajstić information content (AvgIpc) is 2.71. The van der Waals surface area contributed by atoms with Crippen LogP contribution in [0, 0.1) is 11.8 Å². The Balaban J connectivity index is 1.75. The van der Waals surface area contributed by atoms with E-state index < -0.39 is 0 Å². The van der Waals surface area contributed by atoms with E-state index >= 15 is 0 Å². The van der Waals surface area contributed by atoms with Gasteiger partial charge in [0.15, 0.2) is 5.96 Å². The fourth-order valence-electron chi connectivity index (χ4n) is 3.96. The van der Waals surface area contributed by atoms with E-state index in [1.165, 1.54) is 12.8 Å². The molecule has 0 aliphatic carbocycles. The van der Waals surface area contributed by atoms with Crippen molar-refractivity contribution in [3.05, 3.63) is 0 Å². The molecular formula is C21H41N5O2. The lowest BCUT2D eigenvalue weighted by molar-refractivity contribution is -0.135. The van der Waals surface area contributed by atoms with Crippen molar-refractivity contribution in [1.82, 2.24) is 20.4 Å². The monoisotopic (exact) mass is 395 g/mol. The lowest BCUT2D eigenvalue weighted by Crippen LogP contribution is -2.50. The summed E-state index contributed by atoms with van der Waals surface area (Å²) in [6.45, 7) is 13.6. The number of nitrogens with one attached hydrogen (secondary N) is 2. The number of rotatable bonds is 8. The predicted octanol–water partition coefficient (Wildman–Crippen LogP) is 1.55. The molecule has 2 heterocycles. The second-order valence-electron chi connectivity index (χ2n) is 8.40. The van der Waals surface area contributed by atoms with Gasteiger partial charge < -0.3 is 25.2 Å². The van der Waals surface area contributed by atoms with Gasteiger partial charge in [-0.2, -0.15) is 0 Å². The van der Waals surface area contributed by atoms with Crippen LogP contribution in [-0.4, -0.2) is 87.2 Å². The molecule has 0 aromatic rings. The van der Waals surface area contributed by atoms with Crippen molar-refractivity contribution in [2.75, 3.05) is 59.5 Å². The summed E-state index contributed by atoms with van der Waals surface area (Å²) < 4.78 is 5.18. The minimum Gasteiger partial charge on any atom is -0.383 e. The smallest absolute Gasteiger partial charge is 0.225 e. The second-order valence-corrected chi connectivity index (χ2v) is 8.40. The average molecular weight is 396 g/mol. The fraction of sp³-hybridized carbons (Fsp3) is 0.905. The summed E-state index contributed by atoms with van der Waals surface area (Å²) in [4.78, 5) is 21.5. The van der Waals surface area contributed by atoms with Crippen LogP contribution in [0.4, 0.5) is 0 Å². The highest BCUT2D eigenvalue weighted by Crippen LogP contribution is 2.17. The first-order valence-electron chi connectivity index (χ1n) is 11.1. The molecule has 2 aliphatic heterocycles. The summed E-state index contributed by atoms with van der Waals surface area (Å²) in [7, 11) is 1.77. The van der Waals surface area contributed by atoms with Crippen LogP contribution in [0.3, 0.4) is 0 Å². The molecule has 28 heavy (non-hydrogen) atoms. The summed E-state index contributed by atoms with van der Waals surface area (Å²) in [6.07, 6.45) is 4.40. The minimum absolute atomic E-state index is 0.0873. The van der Waals surface area contributed by atoms with Gasteiger partial charge in [-0.25, -0.2) is 0 Å². The van der Waals surface area contributed by atoms with Crippen LogP contribution in [0.2, 0.25) is 0 Å². The molecule has 0 saturated carbocycles. The van der Waals surface area contributed by atoms with Gasteiger partial charge >= 0.3 is 0 Å². The lowest BCUT2D eigenvalue weighted by atomic mass is 9.97. The highest BCUT2D eigenvalue weighted by atomic mass is 16.5. The van der Waals surface area contributed by atoms with Gasteiger partial charge in [-0.3, -0.25) is 9.79 Å². The van der Waals surface area contributed by atoms with Gasteiger partial charge in [-0.1, -0.05) is 13.8 Å². The number of aliphatic imine (C=N–C) groups is 1. The van der Waals surface area contributed by atoms with E-state index in [4.69, 9.17) is 9.73 Å². The standard InChI is InChI=1S/C21H41N5O2/c1-5-22-21(23-16-18-6-10-25(11-7-18)14-15-28-4)24-19-8-12-26(13-9-19)20(27)17(2)3/h17-19H,5-16H2,1-4H3,(H2,22,23,24). The molecular weight excluding hydrogens is 354 g/mol.